The number of aryl methyl sites for hydroxylation is 1. The zero-order valence-electron chi connectivity index (χ0n) is 17.4. The molecule has 2 N–H and O–H groups in total. The van der Waals surface area contributed by atoms with Gasteiger partial charge < -0.3 is 15.2 Å². The van der Waals surface area contributed by atoms with Crippen LogP contribution >= 0.6 is 0 Å². The average Bonchev–Trinajstić information content (AvgIpc) is 2.66. The third kappa shape index (κ3) is 7.15. The Bertz CT molecular complexity index is 938. The van der Waals surface area contributed by atoms with Crippen molar-refractivity contribution in [2.75, 3.05) is 6.54 Å². The third-order valence-corrected chi connectivity index (χ3v) is 4.66. The van der Waals surface area contributed by atoms with Crippen molar-refractivity contribution in [2.24, 2.45) is 0 Å². The maximum absolute atomic E-state index is 13.2. The summed E-state index contributed by atoms with van der Waals surface area (Å²) in [7, 11) is 0. The first-order valence-electron chi connectivity index (χ1n) is 9.69. The van der Waals surface area contributed by atoms with Gasteiger partial charge in [-0.25, -0.2) is 4.79 Å². The first-order valence-corrected chi connectivity index (χ1v) is 9.69. The van der Waals surface area contributed by atoms with Gasteiger partial charge in [0.05, 0.1) is 11.1 Å². The minimum atomic E-state index is -4.90. The maximum Gasteiger partial charge on any atom is 0.416 e. The monoisotopic (exact) mass is 463 g/mol. The number of aliphatic carboxylic acids is 1. The van der Waals surface area contributed by atoms with Crippen molar-refractivity contribution in [3.8, 4) is 5.75 Å². The summed E-state index contributed by atoms with van der Waals surface area (Å²) in [5, 5.41) is 12.0. The van der Waals surface area contributed by atoms with E-state index in [1.165, 1.54) is 13.8 Å². The molecule has 2 rings (SSSR count). The summed E-state index contributed by atoms with van der Waals surface area (Å²) in [5.41, 5.74) is -3.49. The van der Waals surface area contributed by atoms with E-state index >= 15 is 0 Å². The first-order chi connectivity index (χ1) is 14.7. The molecule has 0 heterocycles. The highest BCUT2D eigenvalue weighted by molar-refractivity contribution is 5.76. The molecular weight excluding hydrogens is 440 g/mol. The van der Waals surface area contributed by atoms with Crippen LogP contribution in [0.3, 0.4) is 0 Å². The number of halogens is 6. The number of carbonyl (C=O) groups is 1. The van der Waals surface area contributed by atoms with Crippen LogP contribution in [-0.2, 0) is 30.1 Å². The third-order valence-electron chi connectivity index (χ3n) is 4.66. The Morgan fingerprint density at radius 1 is 1.00 bits per heavy atom. The molecule has 0 spiro atoms. The number of rotatable bonds is 9. The summed E-state index contributed by atoms with van der Waals surface area (Å²) in [6.07, 6.45) is -8.68. The second kappa shape index (κ2) is 9.81. The molecule has 32 heavy (non-hydrogen) atoms. The number of hydrogen-bond acceptors (Lipinski definition) is 3. The van der Waals surface area contributed by atoms with E-state index in [-0.39, 0.29) is 18.2 Å². The van der Waals surface area contributed by atoms with Gasteiger partial charge in [0, 0.05) is 6.54 Å². The van der Waals surface area contributed by atoms with Gasteiger partial charge in [0.1, 0.15) is 5.75 Å². The van der Waals surface area contributed by atoms with Crippen LogP contribution in [0.2, 0.25) is 0 Å². The minimum Gasteiger partial charge on any atom is -0.478 e. The van der Waals surface area contributed by atoms with Gasteiger partial charge in [-0.05, 0) is 68.6 Å². The Balaban J connectivity index is 1.93. The van der Waals surface area contributed by atoms with Crippen LogP contribution in [0.4, 0.5) is 26.3 Å². The Morgan fingerprint density at radius 3 is 2.28 bits per heavy atom. The van der Waals surface area contributed by atoms with Gasteiger partial charge in [-0.3, -0.25) is 0 Å². The van der Waals surface area contributed by atoms with Crippen molar-refractivity contribution in [3.05, 3.63) is 64.7 Å². The fourth-order valence-electron chi connectivity index (χ4n) is 2.91. The molecule has 10 heteroatoms. The molecule has 0 aromatic heterocycles. The van der Waals surface area contributed by atoms with Crippen LogP contribution in [0.25, 0.3) is 0 Å². The fourth-order valence-corrected chi connectivity index (χ4v) is 2.91. The first kappa shape index (κ1) is 25.5. The molecule has 0 aliphatic heterocycles. The van der Waals surface area contributed by atoms with Gasteiger partial charge in [-0.1, -0.05) is 18.2 Å². The van der Waals surface area contributed by atoms with E-state index < -0.39 is 35.0 Å². The van der Waals surface area contributed by atoms with E-state index in [1.54, 1.807) is 24.3 Å². The maximum atomic E-state index is 13.2. The van der Waals surface area contributed by atoms with Gasteiger partial charge in [-0.15, -0.1) is 0 Å². The van der Waals surface area contributed by atoms with Gasteiger partial charge >= 0.3 is 18.3 Å². The molecule has 0 aliphatic rings. The summed E-state index contributed by atoms with van der Waals surface area (Å²) < 4.78 is 83.2. The van der Waals surface area contributed by atoms with Crippen molar-refractivity contribution in [1.29, 1.82) is 0 Å². The molecule has 176 valence electrons. The molecule has 0 radical (unpaired) electrons. The zero-order chi connectivity index (χ0) is 24.2. The van der Waals surface area contributed by atoms with Crippen LogP contribution in [0.15, 0.2) is 42.5 Å². The molecule has 0 unspecified atom stereocenters. The van der Waals surface area contributed by atoms with E-state index in [0.717, 1.165) is 11.6 Å². The standard InChI is InChI=1S/C22H23F6NO3/c1-20(2,19(30)31)32-17-7-3-5-14(11-17)6-4-10-29-13-15-8-9-16(21(23,24)25)12-18(15)22(26,27)28/h3,5,7-9,11-12,29H,4,6,10,13H2,1-2H3,(H,30,31). The average molecular weight is 463 g/mol. The van der Waals surface area contributed by atoms with Crippen molar-refractivity contribution in [3.63, 3.8) is 0 Å². The Labute approximate surface area is 181 Å². The summed E-state index contributed by atoms with van der Waals surface area (Å²) in [6, 6.07) is 8.41. The highest BCUT2D eigenvalue weighted by Gasteiger charge is 2.37. The topological polar surface area (TPSA) is 58.6 Å². The summed E-state index contributed by atoms with van der Waals surface area (Å²) in [5.74, 6) is -0.740. The van der Waals surface area contributed by atoms with Crippen molar-refractivity contribution >= 4 is 5.97 Å². The molecule has 0 saturated carbocycles. The molecule has 4 nitrogen and oxygen atoms in total. The number of nitrogens with one attached hydrogen (secondary N) is 1. The Hall–Kier alpha value is -2.75. The van der Waals surface area contributed by atoms with Gasteiger partial charge in [0.25, 0.3) is 0 Å². The summed E-state index contributed by atoms with van der Waals surface area (Å²) >= 11 is 0. The highest BCUT2D eigenvalue weighted by Crippen LogP contribution is 2.37. The van der Waals surface area contributed by atoms with Crippen LogP contribution in [0.1, 0.15) is 42.5 Å². The van der Waals surface area contributed by atoms with Gasteiger partial charge in [-0.2, -0.15) is 26.3 Å². The number of alkyl halides is 6. The van der Waals surface area contributed by atoms with Crippen molar-refractivity contribution < 1.29 is 41.0 Å². The van der Waals surface area contributed by atoms with Crippen LogP contribution in [0.5, 0.6) is 5.75 Å². The minimum absolute atomic E-state index is 0.126. The molecule has 2 aromatic rings. The predicted octanol–water partition coefficient (Wildman–Crippen LogP) is 5.69. The smallest absolute Gasteiger partial charge is 0.416 e. The SMILES string of the molecule is CC(C)(Oc1cccc(CCCNCc2ccc(C(F)(F)F)cc2C(F)(F)F)c1)C(=O)O. The Morgan fingerprint density at radius 2 is 1.69 bits per heavy atom. The van der Waals surface area contributed by atoms with E-state index in [4.69, 9.17) is 9.84 Å². The number of carboxylic acid groups (broad SMARTS) is 1. The van der Waals surface area contributed by atoms with E-state index in [0.29, 0.717) is 31.2 Å². The lowest BCUT2D eigenvalue weighted by Gasteiger charge is -2.21. The second-order valence-corrected chi connectivity index (χ2v) is 7.71. The zero-order valence-corrected chi connectivity index (χ0v) is 17.4. The highest BCUT2D eigenvalue weighted by atomic mass is 19.4. The number of benzene rings is 2. The molecule has 0 aliphatic carbocycles. The molecule has 0 bridgehead atoms. The second-order valence-electron chi connectivity index (χ2n) is 7.71. The van der Waals surface area contributed by atoms with Crippen LogP contribution < -0.4 is 10.1 Å². The lowest BCUT2D eigenvalue weighted by Crippen LogP contribution is -2.37. The molecule has 2 aromatic carbocycles. The molecule has 0 amide bonds. The van der Waals surface area contributed by atoms with E-state index in [9.17, 15) is 31.1 Å². The predicted molar refractivity (Wildman–Crippen MR) is 105 cm³/mol. The normalized spacial score (nSPS) is 12.6. The molecular formula is C22H23F6NO3. The fraction of sp³-hybridized carbons (Fsp3) is 0.409. The van der Waals surface area contributed by atoms with Gasteiger partial charge in [0.2, 0.25) is 0 Å². The van der Waals surface area contributed by atoms with Gasteiger partial charge in [0.15, 0.2) is 5.60 Å². The number of carboxylic acids is 1. The largest absolute Gasteiger partial charge is 0.478 e. The lowest BCUT2D eigenvalue weighted by atomic mass is 10.0. The van der Waals surface area contributed by atoms with E-state index in [1.807, 2.05) is 0 Å². The Kier molecular flexibility index (Phi) is 7.82. The molecule has 0 atom stereocenters. The van der Waals surface area contributed by atoms with Crippen LogP contribution in [0, 0.1) is 0 Å². The molecule has 0 saturated heterocycles. The summed E-state index contributed by atoms with van der Waals surface area (Å²) in [4.78, 5) is 11.2. The van der Waals surface area contributed by atoms with Crippen molar-refractivity contribution in [1.82, 2.24) is 5.32 Å². The van der Waals surface area contributed by atoms with Crippen LogP contribution in [-0.4, -0.2) is 23.2 Å². The van der Waals surface area contributed by atoms with Crippen molar-refractivity contribution in [2.45, 2.75) is 51.2 Å². The summed E-state index contributed by atoms with van der Waals surface area (Å²) in [6.45, 7) is 2.93. The quantitative estimate of drug-likeness (QED) is 0.371. The lowest BCUT2D eigenvalue weighted by molar-refractivity contribution is -0.152. The number of hydrogen-bond donors (Lipinski definition) is 2. The van der Waals surface area contributed by atoms with E-state index in [2.05, 4.69) is 5.32 Å². The molecule has 0 fully saturated rings. The number of ether oxygens (including phenoxy) is 1.